The molecule has 8 heteroatoms. The maximum absolute atomic E-state index is 13.3. The summed E-state index contributed by atoms with van der Waals surface area (Å²) in [5.41, 5.74) is 1.29. The molecular formula is C16H17F3N4O. The minimum atomic E-state index is -4.41. The van der Waals surface area contributed by atoms with Gasteiger partial charge < -0.3 is 5.32 Å². The van der Waals surface area contributed by atoms with Crippen molar-refractivity contribution in [2.45, 2.75) is 12.7 Å². The number of carbonyl (C=O) groups excluding carboxylic acids is 1. The molecule has 2 heterocycles. The van der Waals surface area contributed by atoms with E-state index in [1.807, 2.05) is 30.3 Å². The molecule has 2 N–H and O–H groups in total. The van der Waals surface area contributed by atoms with E-state index in [0.29, 0.717) is 12.2 Å². The maximum atomic E-state index is 13.3. The number of aromatic nitrogens is 2. The molecule has 1 amide bonds. The molecule has 1 aromatic heterocycles. The first kappa shape index (κ1) is 16.5. The molecule has 0 radical (unpaired) electrons. The smallest absolute Gasteiger partial charge is 0.323 e. The average molecular weight is 338 g/mol. The summed E-state index contributed by atoms with van der Waals surface area (Å²) in [6.45, 7) is 0.285. The monoisotopic (exact) mass is 338 g/mol. The van der Waals surface area contributed by atoms with Crippen molar-refractivity contribution in [3.63, 3.8) is 0 Å². The van der Waals surface area contributed by atoms with Gasteiger partial charge in [-0.2, -0.15) is 18.3 Å². The Labute approximate surface area is 136 Å². The van der Waals surface area contributed by atoms with Gasteiger partial charge in [0.25, 0.3) is 0 Å². The van der Waals surface area contributed by atoms with E-state index in [4.69, 9.17) is 0 Å². The Bertz CT molecular complexity index is 672. The van der Waals surface area contributed by atoms with E-state index in [-0.39, 0.29) is 13.1 Å². The van der Waals surface area contributed by atoms with Gasteiger partial charge >= 0.3 is 6.18 Å². The van der Waals surface area contributed by atoms with Crippen molar-refractivity contribution >= 4 is 11.6 Å². The third kappa shape index (κ3) is 3.76. The largest absolute Gasteiger partial charge is 0.393 e. The number of aromatic amines is 1. The van der Waals surface area contributed by atoms with Crippen LogP contribution in [-0.2, 0) is 11.3 Å². The van der Waals surface area contributed by atoms with Gasteiger partial charge in [0.05, 0.1) is 23.7 Å². The zero-order chi connectivity index (χ0) is 17.2. The van der Waals surface area contributed by atoms with Crippen LogP contribution in [0.25, 0.3) is 0 Å². The van der Waals surface area contributed by atoms with Gasteiger partial charge in [-0.15, -0.1) is 0 Å². The highest BCUT2D eigenvalue weighted by atomic mass is 19.4. The van der Waals surface area contributed by atoms with Gasteiger partial charge in [0, 0.05) is 25.8 Å². The summed E-state index contributed by atoms with van der Waals surface area (Å²) in [5, 5.41) is 8.67. The standard InChI is InChI=1S/C16H17F3N4O/c17-16(18,19)14-10-23(8-11-4-2-1-3-5-11)9-13(14)15(24)22-12-6-20-21-7-12/h1-7,13-14H,8-10H2,(H,20,21)(H,22,24)/t13-,14-/m1/s1. The van der Waals surface area contributed by atoms with E-state index in [1.165, 1.54) is 12.4 Å². The van der Waals surface area contributed by atoms with Crippen LogP contribution in [0.3, 0.4) is 0 Å². The van der Waals surface area contributed by atoms with E-state index in [9.17, 15) is 18.0 Å². The summed E-state index contributed by atoms with van der Waals surface area (Å²) < 4.78 is 40.0. The van der Waals surface area contributed by atoms with Crippen molar-refractivity contribution in [1.29, 1.82) is 0 Å². The second kappa shape index (κ2) is 6.64. The van der Waals surface area contributed by atoms with Gasteiger partial charge in [-0.25, -0.2) is 0 Å². The number of likely N-dealkylation sites (tertiary alicyclic amines) is 1. The molecular weight excluding hydrogens is 321 g/mol. The minimum Gasteiger partial charge on any atom is -0.323 e. The number of amides is 1. The minimum absolute atomic E-state index is 0.0722. The summed E-state index contributed by atoms with van der Waals surface area (Å²) in [7, 11) is 0. The number of hydrogen-bond donors (Lipinski definition) is 2. The molecule has 0 aliphatic carbocycles. The fourth-order valence-electron chi connectivity index (χ4n) is 3.01. The lowest BCUT2D eigenvalue weighted by Crippen LogP contribution is -2.36. The zero-order valence-electron chi connectivity index (χ0n) is 12.8. The summed E-state index contributed by atoms with van der Waals surface area (Å²) in [6, 6.07) is 9.27. The topological polar surface area (TPSA) is 61.0 Å². The van der Waals surface area contributed by atoms with Crippen molar-refractivity contribution in [3.8, 4) is 0 Å². The fourth-order valence-corrected chi connectivity index (χ4v) is 3.01. The van der Waals surface area contributed by atoms with Crippen LogP contribution in [0.1, 0.15) is 5.56 Å². The Morgan fingerprint density at radius 2 is 2.04 bits per heavy atom. The van der Waals surface area contributed by atoms with E-state index in [1.54, 1.807) is 4.90 Å². The predicted molar refractivity (Wildman–Crippen MR) is 82.0 cm³/mol. The Balaban J connectivity index is 1.72. The molecule has 5 nitrogen and oxygen atoms in total. The van der Waals surface area contributed by atoms with Crippen LogP contribution in [0.4, 0.5) is 18.9 Å². The average Bonchev–Trinajstić information content (AvgIpc) is 3.17. The van der Waals surface area contributed by atoms with Crippen LogP contribution in [0.15, 0.2) is 42.7 Å². The molecule has 1 aliphatic heterocycles. The van der Waals surface area contributed by atoms with Gasteiger partial charge in [-0.05, 0) is 5.56 Å². The van der Waals surface area contributed by atoms with Gasteiger partial charge in [0.2, 0.25) is 5.91 Å². The van der Waals surface area contributed by atoms with Gasteiger partial charge in [-0.1, -0.05) is 30.3 Å². The number of nitrogens with zero attached hydrogens (tertiary/aromatic N) is 2. The zero-order valence-corrected chi connectivity index (χ0v) is 12.8. The molecule has 128 valence electrons. The number of alkyl halides is 3. The number of rotatable bonds is 4. The molecule has 2 aromatic rings. The molecule has 0 unspecified atom stereocenters. The van der Waals surface area contributed by atoms with Crippen LogP contribution in [0.5, 0.6) is 0 Å². The summed E-state index contributed by atoms with van der Waals surface area (Å²) in [4.78, 5) is 14.0. The van der Waals surface area contributed by atoms with Crippen molar-refractivity contribution in [2.75, 3.05) is 18.4 Å². The highest BCUT2D eigenvalue weighted by Gasteiger charge is 2.52. The van der Waals surface area contributed by atoms with Crippen LogP contribution in [0.2, 0.25) is 0 Å². The Hall–Kier alpha value is -2.35. The molecule has 24 heavy (non-hydrogen) atoms. The lowest BCUT2D eigenvalue weighted by atomic mass is 9.94. The highest BCUT2D eigenvalue weighted by Crippen LogP contribution is 2.38. The van der Waals surface area contributed by atoms with Gasteiger partial charge in [0.1, 0.15) is 0 Å². The number of H-pyrrole nitrogens is 1. The van der Waals surface area contributed by atoms with Crippen LogP contribution in [-0.4, -0.2) is 40.3 Å². The third-order valence-corrected chi connectivity index (χ3v) is 4.17. The van der Waals surface area contributed by atoms with Crippen molar-refractivity contribution < 1.29 is 18.0 Å². The van der Waals surface area contributed by atoms with E-state index >= 15 is 0 Å². The quantitative estimate of drug-likeness (QED) is 0.901. The molecule has 1 fully saturated rings. The first-order valence-electron chi connectivity index (χ1n) is 7.56. The second-order valence-electron chi connectivity index (χ2n) is 5.91. The number of benzene rings is 1. The summed E-state index contributed by atoms with van der Waals surface area (Å²) in [6.07, 6.45) is -1.63. The number of hydrogen-bond acceptors (Lipinski definition) is 3. The molecule has 1 aliphatic rings. The Morgan fingerprint density at radius 1 is 1.29 bits per heavy atom. The first-order chi connectivity index (χ1) is 11.4. The second-order valence-corrected chi connectivity index (χ2v) is 5.91. The third-order valence-electron chi connectivity index (χ3n) is 4.17. The fraction of sp³-hybridized carbons (Fsp3) is 0.375. The van der Waals surface area contributed by atoms with Gasteiger partial charge in [0.15, 0.2) is 0 Å². The van der Waals surface area contributed by atoms with Crippen LogP contribution >= 0.6 is 0 Å². The number of carbonyl (C=O) groups is 1. The van der Waals surface area contributed by atoms with Crippen LogP contribution < -0.4 is 5.32 Å². The summed E-state index contributed by atoms with van der Waals surface area (Å²) in [5.74, 6) is -3.44. The maximum Gasteiger partial charge on any atom is 0.393 e. The molecule has 0 bridgehead atoms. The number of nitrogens with one attached hydrogen (secondary N) is 2. The van der Waals surface area contributed by atoms with Crippen molar-refractivity contribution in [1.82, 2.24) is 15.1 Å². The van der Waals surface area contributed by atoms with E-state index in [2.05, 4.69) is 15.5 Å². The number of halogens is 3. The Kier molecular flexibility index (Phi) is 4.57. The normalized spacial score (nSPS) is 21.8. The number of anilines is 1. The lowest BCUT2D eigenvalue weighted by Gasteiger charge is -2.20. The van der Waals surface area contributed by atoms with E-state index in [0.717, 1.165) is 5.56 Å². The van der Waals surface area contributed by atoms with E-state index < -0.39 is 23.9 Å². The molecule has 0 spiro atoms. The highest BCUT2D eigenvalue weighted by molar-refractivity contribution is 5.92. The molecule has 2 atom stereocenters. The first-order valence-corrected chi connectivity index (χ1v) is 7.56. The van der Waals surface area contributed by atoms with Crippen LogP contribution in [0, 0.1) is 11.8 Å². The molecule has 3 rings (SSSR count). The molecule has 1 aromatic carbocycles. The van der Waals surface area contributed by atoms with Gasteiger partial charge in [-0.3, -0.25) is 14.8 Å². The Morgan fingerprint density at radius 3 is 2.67 bits per heavy atom. The SMILES string of the molecule is O=C(Nc1cn[nH]c1)[C@@H]1CN(Cc2ccccc2)C[C@H]1C(F)(F)F. The molecule has 0 saturated carbocycles. The lowest BCUT2D eigenvalue weighted by molar-refractivity contribution is -0.182. The van der Waals surface area contributed by atoms with Crippen molar-refractivity contribution in [3.05, 3.63) is 48.3 Å². The van der Waals surface area contributed by atoms with Crippen molar-refractivity contribution in [2.24, 2.45) is 11.8 Å². The predicted octanol–water partition coefficient (Wildman–Crippen LogP) is 2.66. The summed E-state index contributed by atoms with van der Waals surface area (Å²) >= 11 is 0. The molecule has 1 saturated heterocycles.